The molecule has 0 spiro atoms. The number of amides is 2. The second-order valence-electron chi connectivity index (χ2n) is 8.06. The zero-order chi connectivity index (χ0) is 22.7. The van der Waals surface area contributed by atoms with Crippen molar-refractivity contribution in [3.05, 3.63) is 77.9 Å². The van der Waals surface area contributed by atoms with E-state index in [0.29, 0.717) is 19.4 Å². The lowest BCUT2D eigenvalue weighted by atomic mass is 9.95. The molecule has 0 aliphatic carbocycles. The molecule has 4 rings (SSSR count). The fourth-order valence-corrected chi connectivity index (χ4v) is 4.16. The Morgan fingerprint density at radius 1 is 1.00 bits per heavy atom. The summed E-state index contributed by atoms with van der Waals surface area (Å²) < 4.78 is 38.8. The van der Waals surface area contributed by atoms with E-state index >= 15 is 0 Å². The lowest BCUT2D eigenvalue weighted by molar-refractivity contribution is -0.138. The van der Waals surface area contributed by atoms with Gasteiger partial charge in [0.15, 0.2) is 0 Å². The van der Waals surface area contributed by atoms with Crippen molar-refractivity contribution in [1.29, 1.82) is 0 Å². The van der Waals surface area contributed by atoms with Gasteiger partial charge in [0, 0.05) is 18.8 Å². The largest absolute Gasteiger partial charge is 0.416 e. The minimum atomic E-state index is -4.48. The highest BCUT2D eigenvalue weighted by Gasteiger charge is 2.31. The molecule has 166 valence electrons. The molecule has 2 amide bonds. The lowest BCUT2D eigenvalue weighted by Crippen LogP contribution is -2.44. The fourth-order valence-electron chi connectivity index (χ4n) is 4.16. The molecular weight excluding hydrogens is 417 g/mol. The average molecular weight is 440 g/mol. The Morgan fingerprint density at radius 3 is 2.56 bits per heavy atom. The van der Waals surface area contributed by atoms with E-state index in [9.17, 15) is 22.8 Å². The number of carbonyl (C=O) groups excluding carboxylic acids is 2. The number of nitrogens with zero attached hydrogens (tertiary/aromatic N) is 1. The van der Waals surface area contributed by atoms with E-state index in [1.165, 1.54) is 12.1 Å². The predicted octanol–water partition coefficient (Wildman–Crippen LogP) is 5.28. The van der Waals surface area contributed by atoms with Gasteiger partial charge in [-0.25, -0.2) is 0 Å². The first-order valence-electron chi connectivity index (χ1n) is 10.5. The third-order valence-corrected chi connectivity index (χ3v) is 5.82. The molecule has 1 saturated heterocycles. The second kappa shape index (κ2) is 9.02. The van der Waals surface area contributed by atoms with Crippen molar-refractivity contribution >= 4 is 28.3 Å². The van der Waals surface area contributed by atoms with E-state index in [0.717, 1.165) is 28.5 Å². The molecule has 1 aliphatic heterocycles. The first-order chi connectivity index (χ1) is 15.3. The van der Waals surface area contributed by atoms with E-state index in [4.69, 9.17) is 0 Å². The van der Waals surface area contributed by atoms with Crippen LogP contribution in [-0.4, -0.2) is 29.8 Å². The number of anilines is 1. The molecule has 0 aromatic heterocycles. The molecule has 0 saturated carbocycles. The molecule has 32 heavy (non-hydrogen) atoms. The highest BCUT2D eigenvalue weighted by atomic mass is 19.4. The third kappa shape index (κ3) is 4.93. The Bertz CT molecular complexity index is 1140. The number of likely N-dealkylation sites (tertiary alicyclic amines) is 1. The van der Waals surface area contributed by atoms with Gasteiger partial charge >= 0.3 is 6.18 Å². The third-order valence-electron chi connectivity index (χ3n) is 5.82. The Labute approximate surface area is 184 Å². The number of rotatable bonds is 4. The first kappa shape index (κ1) is 21.9. The number of benzene rings is 3. The summed E-state index contributed by atoms with van der Waals surface area (Å²) >= 11 is 0. The van der Waals surface area contributed by atoms with Crippen LogP contribution < -0.4 is 5.32 Å². The normalized spacial score (nSPS) is 16.7. The van der Waals surface area contributed by atoms with Crippen molar-refractivity contribution in [2.24, 2.45) is 5.92 Å². The van der Waals surface area contributed by atoms with Gasteiger partial charge < -0.3 is 10.2 Å². The number of hydrogen-bond acceptors (Lipinski definition) is 2. The molecule has 3 aromatic rings. The molecule has 1 N–H and O–H groups in total. The number of alkyl halides is 3. The molecule has 0 radical (unpaired) electrons. The van der Waals surface area contributed by atoms with E-state index in [2.05, 4.69) is 5.32 Å². The van der Waals surface area contributed by atoms with E-state index in [1.54, 1.807) is 4.90 Å². The Morgan fingerprint density at radius 2 is 1.75 bits per heavy atom. The van der Waals surface area contributed by atoms with Crippen LogP contribution in [0.25, 0.3) is 10.8 Å². The maximum atomic E-state index is 13.0. The van der Waals surface area contributed by atoms with Gasteiger partial charge in [-0.15, -0.1) is 0 Å². The summed E-state index contributed by atoms with van der Waals surface area (Å²) in [5.74, 6) is -0.889. The van der Waals surface area contributed by atoms with Crippen LogP contribution in [0.3, 0.4) is 0 Å². The number of fused-ring (bicyclic) bond motifs is 1. The summed E-state index contributed by atoms with van der Waals surface area (Å²) in [6, 6.07) is 18.3. The number of nitrogens with one attached hydrogen (secondary N) is 1. The highest BCUT2D eigenvalue weighted by molar-refractivity contribution is 5.94. The zero-order valence-corrected chi connectivity index (χ0v) is 17.4. The Hall–Kier alpha value is -3.35. The zero-order valence-electron chi connectivity index (χ0n) is 17.4. The number of piperidine rings is 1. The maximum absolute atomic E-state index is 13.0. The topological polar surface area (TPSA) is 49.4 Å². The summed E-state index contributed by atoms with van der Waals surface area (Å²) in [4.78, 5) is 27.3. The summed E-state index contributed by atoms with van der Waals surface area (Å²) in [7, 11) is 0. The van der Waals surface area contributed by atoms with Crippen molar-refractivity contribution < 1.29 is 22.8 Å². The van der Waals surface area contributed by atoms with Crippen LogP contribution in [0, 0.1) is 5.92 Å². The standard InChI is InChI=1S/C25H23F3N2O2/c26-25(27,28)20-10-4-11-21(15-20)29-24(32)19-9-5-13-30(16-19)23(31)14-18-8-3-7-17-6-1-2-12-22(17)18/h1-4,6-8,10-12,15,19H,5,9,13-14,16H2,(H,29,32)/t19-/m1/s1. The molecule has 1 heterocycles. The SMILES string of the molecule is O=C(Nc1cccc(C(F)(F)F)c1)[C@@H]1CCCN(C(=O)Cc2cccc3ccccc23)C1. The van der Waals surface area contributed by atoms with Crippen LogP contribution in [0.1, 0.15) is 24.0 Å². The highest BCUT2D eigenvalue weighted by Crippen LogP contribution is 2.31. The van der Waals surface area contributed by atoms with Crippen molar-refractivity contribution in [2.45, 2.75) is 25.4 Å². The second-order valence-corrected chi connectivity index (χ2v) is 8.06. The van der Waals surface area contributed by atoms with Gasteiger partial charge in [-0.2, -0.15) is 13.2 Å². The van der Waals surface area contributed by atoms with Gasteiger partial charge in [0.1, 0.15) is 0 Å². The van der Waals surface area contributed by atoms with Crippen LogP contribution in [0.2, 0.25) is 0 Å². The van der Waals surface area contributed by atoms with Crippen molar-refractivity contribution in [3.8, 4) is 0 Å². The summed E-state index contributed by atoms with van der Waals surface area (Å²) in [6.45, 7) is 0.825. The number of hydrogen-bond donors (Lipinski definition) is 1. The minimum absolute atomic E-state index is 0.0575. The minimum Gasteiger partial charge on any atom is -0.342 e. The quantitative estimate of drug-likeness (QED) is 0.600. The summed E-state index contributed by atoms with van der Waals surface area (Å²) in [5, 5.41) is 4.67. The number of carbonyl (C=O) groups is 2. The molecular formula is C25H23F3N2O2. The Kier molecular flexibility index (Phi) is 6.17. The molecule has 0 bridgehead atoms. The first-order valence-corrected chi connectivity index (χ1v) is 10.5. The fraction of sp³-hybridized carbons (Fsp3) is 0.280. The monoisotopic (exact) mass is 440 g/mol. The van der Waals surface area contributed by atoms with Crippen LogP contribution >= 0.6 is 0 Å². The van der Waals surface area contributed by atoms with Crippen molar-refractivity contribution in [1.82, 2.24) is 4.90 Å². The van der Waals surface area contributed by atoms with Gasteiger partial charge in [0.25, 0.3) is 0 Å². The maximum Gasteiger partial charge on any atom is 0.416 e. The van der Waals surface area contributed by atoms with Crippen LogP contribution in [-0.2, 0) is 22.2 Å². The van der Waals surface area contributed by atoms with Crippen LogP contribution in [0.4, 0.5) is 18.9 Å². The van der Waals surface area contributed by atoms with Gasteiger partial charge in [0.2, 0.25) is 11.8 Å². The van der Waals surface area contributed by atoms with Crippen molar-refractivity contribution in [3.63, 3.8) is 0 Å². The molecule has 1 atom stereocenters. The van der Waals surface area contributed by atoms with Gasteiger partial charge in [0.05, 0.1) is 17.9 Å². The molecule has 1 fully saturated rings. The molecule has 3 aromatic carbocycles. The summed E-state index contributed by atoms with van der Waals surface area (Å²) in [6.07, 6.45) is -2.98. The van der Waals surface area contributed by atoms with E-state index in [1.807, 2.05) is 42.5 Å². The molecule has 4 nitrogen and oxygen atoms in total. The van der Waals surface area contributed by atoms with Crippen molar-refractivity contribution in [2.75, 3.05) is 18.4 Å². The predicted molar refractivity (Wildman–Crippen MR) is 117 cm³/mol. The summed E-state index contributed by atoms with van der Waals surface area (Å²) in [5.41, 5.74) is 0.221. The smallest absolute Gasteiger partial charge is 0.342 e. The lowest BCUT2D eigenvalue weighted by Gasteiger charge is -2.32. The number of halogens is 3. The molecule has 1 aliphatic rings. The van der Waals surface area contributed by atoms with Crippen LogP contribution in [0.15, 0.2) is 66.7 Å². The van der Waals surface area contributed by atoms with Gasteiger partial charge in [-0.3, -0.25) is 9.59 Å². The van der Waals surface area contributed by atoms with Gasteiger partial charge in [-0.1, -0.05) is 48.5 Å². The van der Waals surface area contributed by atoms with Crippen LogP contribution in [0.5, 0.6) is 0 Å². The van der Waals surface area contributed by atoms with E-state index < -0.39 is 17.7 Å². The molecule has 0 unspecified atom stereocenters. The Balaban J connectivity index is 1.41. The van der Waals surface area contributed by atoms with Gasteiger partial charge in [-0.05, 0) is 47.4 Å². The average Bonchev–Trinajstić information content (AvgIpc) is 2.79. The van der Waals surface area contributed by atoms with E-state index in [-0.39, 0.29) is 30.5 Å². The molecule has 7 heteroatoms.